The molecule has 1 aliphatic heterocycles. The van der Waals surface area contributed by atoms with Gasteiger partial charge in [-0.2, -0.15) is 0 Å². The second-order valence-electron chi connectivity index (χ2n) is 7.07. The molecule has 1 heterocycles. The van der Waals surface area contributed by atoms with Gasteiger partial charge in [-0.05, 0) is 70.2 Å². The van der Waals surface area contributed by atoms with E-state index in [4.69, 9.17) is 10.0 Å². The summed E-state index contributed by atoms with van der Waals surface area (Å²) in [4.78, 5) is 2.60. The molecule has 0 spiro atoms. The fourth-order valence-corrected chi connectivity index (χ4v) is 3.70. The highest BCUT2D eigenvalue weighted by Crippen LogP contribution is 2.27. The normalized spacial score (nSPS) is 17.8. The van der Waals surface area contributed by atoms with Gasteiger partial charge in [-0.15, -0.1) is 0 Å². The molecular formula is C19H33BN2O2. The highest BCUT2D eigenvalue weighted by Gasteiger charge is 2.20. The van der Waals surface area contributed by atoms with Gasteiger partial charge in [-0.3, -0.25) is 0 Å². The lowest BCUT2D eigenvalue weighted by atomic mass is 9.83. The fraction of sp³-hybridized carbons (Fsp3) is 0.684. The molecule has 0 amide bonds. The van der Waals surface area contributed by atoms with Crippen LogP contribution in [0.4, 0.5) is 0 Å². The van der Waals surface area contributed by atoms with Crippen molar-refractivity contribution in [2.24, 2.45) is 0 Å². The molecule has 0 aromatic heterocycles. The van der Waals surface area contributed by atoms with E-state index in [0.717, 1.165) is 31.7 Å². The summed E-state index contributed by atoms with van der Waals surface area (Å²) >= 11 is 0. The molecule has 3 N–H and O–H groups in total. The standard InChI is InChI=1S/C19H33BN2O2/c1-21-19(9-5-6-13-20(23)24)12-16-22-14-10-18(11-15-22)17-7-3-2-4-8-17/h2-4,7-8,18-19,21,23-24H,5-6,9-16H2,1H3. The van der Waals surface area contributed by atoms with Crippen LogP contribution in [0.25, 0.3) is 0 Å². The molecule has 1 aromatic rings. The van der Waals surface area contributed by atoms with E-state index in [1.54, 1.807) is 0 Å². The maximum absolute atomic E-state index is 8.89. The van der Waals surface area contributed by atoms with E-state index >= 15 is 0 Å². The number of piperidine rings is 1. The molecular weight excluding hydrogens is 299 g/mol. The predicted octanol–water partition coefficient (Wildman–Crippen LogP) is 2.49. The summed E-state index contributed by atoms with van der Waals surface area (Å²) in [7, 11) is 0.886. The summed E-state index contributed by atoms with van der Waals surface area (Å²) in [6.07, 6.45) is 7.25. The SMILES string of the molecule is CNC(CCCCB(O)O)CCN1CCC(c2ccccc2)CC1. The average Bonchev–Trinajstić information content (AvgIpc) is 2.62. The Hall–Kier alpha value is -0.875. The highest BCUT2D eigenvalue weighted by atomic mass is 16.4. The van der Waals surface area contributed by atoms with E-state index in [0.29, 0.717) is 12.4 Å². The van der Waals surface area contributed by atoms with Gasteiger partial charge in [-0.1, -0.05) is 43.2 Å². The molecule has 1 unspecified atom stereocenters. The summed E-state index contributed by atoms with van der Waals surface area (Å²) in [5.41, 5.74) is 1.50. The molecule has 1 aliphatic rings. The number of hydrogen-bond acceptors (Lipinski definition) is 4. The molecule has 0 bridgehead atoms. The molecule has 0 saturated carbocycles. The number of rotatable bonds is 10. The number of likely N-dealkylation sites (tertiary alicyclic amines) is 1. The van der Waals surface area contributed by atoms with Crippen molar-refractivity contribution in [3.05, 3.63) is 35.9 Å². The van der Waals surface area contributed by atoms with Crippen LogP contribution in [-0.2, 0) is 0 Å². The summed E-state index contributed by atoms with van der Waals surface area (Å²) in [5.74, 6) is 0.729. The number of nitrogens with one attached hydrogen (secondary N) is 1. The Balaban J connectivity index is 1.62. The quantitative estimate of drug-likeness (QED) is 0.455. The fourth-order valence-electron chi connectivity index (χ4n) is 3.70. The van der Waals surface area contributed by atoms with Gasteiger partial charge in [0.25, 0.3) is 0 Å². The lowest BCUT2D eigenvalue weighted by Gasteiger charge is -2.33. The first-order valence-corrected chi connectivity index (χ1v) is 9.49. The lowest BCUT2D eigenvalue weighted by Crippen LogP contribution is -2.37. The second-order valence-corrected chi connectivity index (χ2v) is 7.07. The third kappa shape index (κ3) is 6.93. The minimum Gasteiger partial charge on any atom is -0.427 e. The topological polar surface area (TPSA) is 55.7 Å². The number of benzene rings is 1. The Morgan fingerprint density at radius 2 is 1.83 bits per heavy atom. The summed E-state index contributed by atoms with van der Waals surface area (Å²) in [5, 5.41) is 21.2. The summed E-state index contributed by atoms with van der Waals surface area (Å²) in [6, 6.07) is 11.5. The number of unbranched alkanes of at least 4 members (excludes halogenated alkanes) is 1. The third-order valence-electron chi connectivity index (χ3n) is 5.33. The van der Waals surface area contributed by atoms with Crippen molar-refractivity contribution in [3.8, 4) is 0 Å². The Bertz CT molecular complexity index is 436. The van der Waals surface area contributed by atoms with Crippen molar-refractivity contribution in [1.29, 1.82) is 0 Å². The zero-order valence-electron chi connectivity index (χ0n) is 15.0. The van der Waals surface area contributed by atoms with Gasteiger partial charge < -0.3 is 20.3 Å². The van der Waals surface area contributed by atoms with Crippen molar-refractivity contribution in [3.63, 3.8) is 0 Å². The van der Waals surface area contributed by atoms with E-state index < -0.39 is 7.12 Å². The van der Waals surface area contributed by atoms with Crippen LogP contribution in [0.3, 0.4) is 0 Å². The third-order valence-corrected chi connectivity index (χ3v) is 5.33. The molecule has 24 heavy (non-hydrogen) atoms. The van der Waals surface area contributed by atoms with Crippen LogP contribution in [0.1, 0.15) is 50.0 Å². The van der Waals surface area contributed by atoms with Crippen molar-refractivity contribution in [2.75, 3.05) is 26.7 Å². The molecule has 0 radical (unpaired) electrons. The maximum Gasteiger partial charge on any atom is 0.451 e. The van der Waals surface area contributed by atoms with Crippen LogP contribution in [0.2, 0.25) is 6.32 Å². The van der Waals surface area contributed by atoms with Crippen molar-refractivity contribution in [2.45, 2.75) is 56.8 Å². The summed E-state index contributed by atoms with van der Waals surface area (Å²) in [6.45, 7) is 3.56. The van der Waals surface area contributed by atoms with Crippen molar-refractivity contribution >= 4 is 7.12 Å². The molecule has 2 rings (SSSR count). The van der Waals surface area contributed by atoms with Crippen LogP contribution in [0.15, 0.2) is 30.3 Å². The molecule has 1 aromatic carbocycles. The van der Waals surface area contributed by atoms with Gasteiger partial charge >= 0.3 is 7.12 Å². The van der Waals surface area contributed by atoms with E-state index in [1.165, 1.54) is 37.9 Å². The molecule has 134 valence electrons. The van der Waals surface area contributed by atoms with E-state index in [1.807, 2.05) is 7.05 Å². The first-order chi connectivity index (χ1) is 11.7. The van der Waals surface area contributed by atoms with Gasteiger partial charge in [0.2, 0.25) is 0 Å². The van der Waals surface area contributed by atoms with Crippen LogP contribution >= 0.6 is 0 Å². The van der Waals surface area contributed by atoms with Crippen LogP contribution in [0, 0.1) is 0 Å². The number of hydrogen-bond donors (Lipinski definition) is 3. The predicted molar refractivity (Wildman–Crippen MR) is 101 cm³/mol. The van der Waals surface area contributed by atoms with Crippen LogP contribution < -0.4 is 5.32 Å². The molecule has 1 fully saturated rings. The zero-order valence-corrected chi connectivity index (χ0v) is 15.0. The number of nitrogens with zero attached hydrogens (tertiary/aromatic N) is 1. The monoisotopic (exact) mass is 332 g/mol. The Kier molecular flexibility index (Phi) is 8.82. The summed E-state index contributed by atoms with van der Waals surface area (Å²) < 4.78 is 0. The Morgan fingerprint density at radius 1 is 1.12 bits per heavy atom. The highest BCUT2D eigenvalue weighted by molar-refractivity contribution is 6.40. The van der Waals surface area contributed by atoms with Crippen LogP contribution in [-0.4, -0.2) is 54.8 Å². The minimum atomic E-state index is -1.15. The first kappa shape index (κ1) is 19.4. The van der Waals surface area contributed by atoms with Gasteiger partial charge in [-0.25, -0.2) is 0 Å². The van der Waals surface area contributed by atoms with E-state index in [2.05, 4.69) is 40.5 Å². The molecule has 1 saturated heterocycles. The Labute approximate surface area is 147 Å². The second kappa shape index (κ2) is 10.9. The largest absolute Gasteiger partial charge is 0.451 e. The van der Waals surface area contributed by atoms with Gasteiger partial charge in [0.15, 0.2) is 0 Å². The molecule has 4 nitrogen and oxygen atoms in total. The molecule has 1 atom stereocenters. The van der Waals surface area contributed by atoms with Crippen molar-refractivity contribution < 1.29 is 10.0 Å². The van der Waals surface area contributed by atoms with Gasteiger partial charge in [0.1, 0.15) is 0 Å². The van der Waals surface area contributed by atoms with Crippen LogP contribution in [0.5, 0.6) is 0 Å². The van der Waals surface area contributed by atoms with E-state index in [-0.39, 0.29) is 0 Å². The molecule has 5 heteroatoms. The Morgan fingerprint density at radius 3 is 2.46 bits per heavy atom. The maximum atomic E-state index is 8.89. The zero-order chi connectivity index (χ0) is 17.2. The van der Waals surface area contributed by atoms with Crippen molar-refractivity contribution in [1.82, 2.24) is 10.2 Å². The lowest BCUT2D eigenvalue weighted by molar-refractivity contribution is 0.201. The van der Waals surface area contributed by atoms with E-state index in [9.17, 15) is 0 Å². The average molecular weight is 332 g/mol. The van der Waals surface area contributed by atoms with Gasteiger partial charge in [0, 0.05) is 6.04 Å². The minimum absolute atomic E-state index is 0.490. The molecule has 0 aliphatic carbocycles. The smallest absolute Gasteiger partial charge is 0.427 e. The van der Waals surface area contributed by atoms with Gasteiger partial charge in [0.05, 0.1) is 0 Å². The first-order valence-electron chi connectivity index (χ1n) is 9.49.